The van der Waals surface area contributed by atoms with Crippen molar-refractivity contribution < 1.29 is 17.9 Å². The van der Waals surface area contributed by atoms with E-state index in [4.69, 9.17) is 4.74 Å². The van der Waals surface area contributed by atoms with Gasteiger partial charge in [0.15, 0.2) is 6.10 Å². The summed E-state index contributed by atoms with van der Waals surface area (Å²) in [5.74, 6) is -0.0288. The van der Waals surface area contributed by atoms with Crippen LogP contribution >= 0.6 is 0 Å². The van der Waals surface area contributed by atoms with Crippen LogP contribution in [-0.2, 0) is 20.2 Å². The lowest BCUT2D eigenvalue weighted by Gasteiger charge is -2.36. The van der Waals surface area contributed by atoms with Crippen molar-refractivity contribution >= 4 is 33.0 Å². The molecule has 1 amide bonds. The van der Waals surface area contributed by atoms with E-state index < -0.39 is 22.0 Å². The van der Waals surface area contributed by atoms with E-state index in [9.17, 15) is 13.2 Å². The number of amides is 1. The minimum absolute atomic E-state index is 0.129. The van der Waals surface area contributed by atoms with Gasteiger partial charge in [0.1, 0.15) is 5.75 Å². The molecule has 7 nitrogen and oxygen atoms in total. The smallest absolute Gasteiger partial charge is 0.267 e. The van der Waals surface area contributed by atoms with E-state index in [1.54, 1.807) is 36.4 Å². The summed E-state index contributed by atoms with van der Waals surface area (Å²) in [7, 11) is -3.93. The number of benzene rings is 3. The third-order valence-corrected chi connectivity index (χ3v) is 8.97. The van der Waals surface area contributed by atoms with Gasteiger partial charge in [-0.15, -0.1) is 0 Å². The van der Waals surface area contributed by atoms with E-state index in [2.05, 4.69) is 31.0 Å². The number of fused-ring (bicyclic) bond motifs is 1. The molecule has 2 heterocycles. The van der Waals surface area contributed by atoms with E-state index in [-0.39, 0.29) is 16.9 Å². The van der Waals surface area contributed by atoms with Gasteiger partial charge in [-0.05, 0) is 78.8 Å². The van der Waals surface area contributed by atoms with Crippen LogP contribution in [0.5, 0.6) is 5.75 Å². The molecular weight excluding hydrogens is 498 g/mol. The number of anilines is 3. The zero-order valence-corrected chi connectivity index (χ0v) is 23.0. The SMILES string of the molecule is CC(C)(C)c1ccc2c(c1)N(S(=O)(=O)c1ccccc1)CC(C(=O)Nc1ccc(N3CCCCC3)cc1)O2. The summed E-state index contributed by atoms with van der Waals surface area (Å²) in [5, 5.41) is 2.92. The molecule has 38 heavy (non-hydrogen) atoms. The first-order valence-corrected chi connectivity index (χ1v) is 14.6. The highest BCUT2D eigenvalue weighted by Gasteiger charge is 2.38. The van der Waals surface area contributed by atoms with Crippen molar-refractivity contribution in [3.63, 3.8) is 0 Å². The summed E-state index contributed by atoms with van der Waals surface area (Å²) < 4.78 is 34.9. The molecule has 5 rings (SSSR count). The van der Waals surface area contributed by atoms with Crippen LogP contribution < -0.4 is 19.3 Å². The van der Waals surface area contributed by atoms with Gasteiger partial charge in [0.25, 0.3) is 15.9 Å². The minimum atomic E-state index is -3.93. The molecule has 0 saturated carbocycles. The summed E-state index contributed by atoms with van der Waals surface area (Å²) in [6.07, 6.45) is 2.64. The summed E-state index contributed by atoms with van der Waals surface area (Å²) in [6.45, 7) is 8.17. The van der Waals surface area contributed by atoms with Crippen molar-refractivity contribution in [3.8, 4) is 5.75 Å². The van der Waals surface area contributed by atoms with Crippen molar-refractivity contribution in [2.75, 3.05) is 34.2 Å². The standard InChI is InChI=1S/C30H35N3O4S/c1-30(2,3)22-12-17-27-26(20-22)33(38(35,36)25-10-6-4-7-11-25)21-28(37-27)29(34)31-23-13-15-24(16-14-23)32-18-8-5-9-19-32/h4,6-7,10-17,20,28H,5,8-9,18-19,21H2,1-3H3,(H,31,34). The van der Waals surface area contributed by atoms with Gasteiger partial charge in [0.05, 0.1) is 17.1 Å². The molecule has 200 valence electrons. The Morgan fingerprint density at radius 1 is 0.921 bits per heavy atom. The Balaban J connectivity index is 1.41. The van der Waals surface area contributed by atoms with Crippen LogP contribution in [-0.4, -0.2) is 40.1 Å². The van der Waals surface area contributed by atoms with Crippen molar-refractivity contribution in [1.82, 2.24) is 0 Å². The number of piperidine rings is 1. The minimum Gasteiger partial charge on any atom is -0.476 e. The zero-order valence-electron chi connectivity index (χ0n) is 22.2. The molecule has 1 saturated heterocycles. The number of hydrogen-bond donors (Lipinski definition) is 1. The molecule has 3 aromatic rings. The van der Waals surface area contributed by atoms with Gasteiger partial charge in [0, 0.05) is 24.5 Å². The van der Waals surface area contributed by atoms with Crippen LogP contribution in [0.25, 0.3) is 0 Å². The van der Waals surface area contributed by atoms with Crippen LogP contribution in [0.1, 0.15) is 45.6 Å². The summed E-state index contributed by atoms with van der Waals surface area (Å²) in [5.41, 5.74) is 3.01. The first-order valence-electron chi connectivity index (χ1n) is 13.2. The first kappa shape index (κ1) is 26.1. The highest BCUT2D eigenvalue weighted by atomic mass is 32.2. The van der Waals surface area contributed by atoms with Crippen molar-refractivity contribution in [3.05, 3.63) is 78.4 Å². The molecule has 1 atom stereocenters. The Bertz CT molecular complexity index is 1390. The molecule has 0 aliphatic carbocycles. The molecule has 3 aromatic carbocycles. The fourth-order valence-electron chi connectivity index (χ4n) is 4.93. The van der Waals surface area contributed by atoms with Crippen molar-refractivity contribution in [2.45, 2.75) is 56.4 Å². The summed E-state index contributed by atoms with van der Waals surface area (Å²) in [4.78, 5) is 15.9. The number of carbonyl (C=O) groups excluding carboxylic acids is 1. The molecule has 2 aliphatic rings. The van der Waals surface area contributed by atoms with Gasteiger partial charge in [-0.2, -0.15) is 0 Å². The van der Waals surface area contributed by atoms with Gasteiger partial charge < -0.3 is 15.0 Å². The van der Waals surface area contributed by atoms with Crippen molar-refractivity contribution in [2.24, 2.45) is 0 Å². The Morgan fingerprint density at radius 2 is 1.61 bits per heavy atom. The zero-order chi connectivity index (χ0) is 26.9. The number of rotatable bonds is 5. The van der Waals surface area contributed by atoms with Crippen LogP contribution in [0.4, 0.5) is 17.1 Å². The van der Waals surface area contributed by atoms with Gasteiger partial charge in [-0.25, -0.2) is 8.42 Å². The summed E-state index contributed by atoms with van der Waals surface area (Å²) >= 11 is 0. The van der Waals surface area contributed by atoms with E-state index in [1.807, 2.05) is 36.4 Å². The molecule has 1 unspecified atom stereocenters. The topological polar surface area (TPSA) is 79.0 Å². The van der Waals surface area contributed by atoms with Gasteiger partial charge in [-0.1, -0.05) is 45.0 Å². The molecule has 0 radical (unpaired) electrons. The predicted molar refractivity (Wildman–Crippen MR) is 152 cm³/mol. The van der Waals surface area contributed by atoms with E-state index in [1.165, 1.54) is 23.6 Å². The summed E-state index contributed by atoms with van der Waals surface area (Å²) in [6, 6.07) is 21.6. The lowest BCUT2D eigenvalue weighted by molar-refractivity contribution is -0.122. The van der Waals surface area contributed by atoms with Gasteiger partial charge in [-0.3, -0.25) is 9.10 Å². The molecule has 1 fully saturated rings. The third kappa shape index (κ3) is 5.36. The number of carbonyl (C=O) groups is 1. The predicted octanol–water partition coefficient (Wildman–Crippen LogP) is 5.57. The van der Waals surface area contributed by atoms with Crippen LogP contribution in [0.15, 0.2) is 77.7 Å². The third-order valence-electron chi connectivity index (χ3n) is 7.17. The number of ether oxygens (including phenoxy) is 1. The normalized spacial score (nSPS) is 17.9. The second-order valence-electron chi connectivity index (χ2n) is 11.0. The largest absolute Gasteiger partial charge is 0.476 e. The quantitative estimate of drug-likeness (QED) is 0.464. The van der Waals surface area contributed by atoms with E-state index in [0.29, 0.717) is 17.1 Å². The maximum Gasteiger partial charge on any atom is 0.267 e. The Hall–Kier alpha value is -3.52. The molecule has 0 bridgehead atoms. The Kier molecular flexibility index (Phi) is 7.09. The van der Waals surface area contributed by atoms with Gasteiger partial charge >= 0.3 is 0 Å². The molecule has 0 aromatic heterocycles. The number of nitrogens with one attached hydrogen (secondary N) is 1. The maximum absolute atomic E-state index is 13.8. The average molecular weight is 534 g/mol. The Morgan fingerprint density at radius 3 is 2.26 bits per heavy atom. The fraction of sp³-hybridized carbons (Fsp3) is 0.367. The maximum atomic E-state index is 13.8. The van der Waals surface area contributed by atoms with E-state index >= 15 is 0 Å². The van der Waals surface area contributed by atoms with Crippen LogP contribution in [0, 0.1) is 0 Å². The molecule has 0 spiro atoms. The van der Waals surface area contributed by atoms with Gasteiger partial charge in [0.2, 0.25) is 0 Å². The molecular formula is C30H35N3O4S. The van der Waals surface area contributed by atoms with Crippen LogP contribution in [0.2, 0.25) is 0 Å². The molecule has 8 heteroatoms. The number of hydrogen-bond acceptors (Lipinski definition) is 5. The Labute approximate surface area is 225 Å². The number of nitrogens with zero attached hydrogens (tertiary/aromatic N) is 2. The number of sulfonamides is 1. The fourth-order valence-corrected chi connectivity index (χ4v) is 6.42. The highest BCUT2D eigenvalue weighted by Crippen LogP contribution is 2.40. The second kappa shape index (κ2) is 10.3. The van der Waals surface area contributed by atoms with Crippen LogP contribution in [0.3, 0.4) is 0 Å². The second-order valence-corrected chi connectivity index (χ2v) is 12.8. The highest BCUT2D eigenvalue weighted by molar-refractivity contribution is 7.92. The van der Waals surface area contributed by atoms with Crippen molar-refractivity contribution in [1.29, 1.82) is 0 Å². The molecule has 2 aliphatic heterocycles. The lowest BCUT2D eigenvalue weighted by atomic mass is 9.86. The molecule has 1 N–H and O–H groups in total. The average Bonchev–Trinajstić information content (AvgIpc) is 2.93. The van der Waals surface area contributed by atoms with E-state index in [0.717, 1.165) is 24.3 Å². The monoisotopic (exact) mass is 533 g/mol. The first-order chi connectivity index (χ1) is 18.1. The lowest BCUT2D eigenvalue weighted by Crippen LogP contribution is -2.49.